The first-order chi connectivity index (χ1) is 16.4. The van der Waals surface area contributed by atoms with Gasteiger partial charge in [0.1, 0.15) is 11.5 Å². The first kappa shape index (κ1) is 24.2. The van der Waals surface area contributed by atoms with Gasteiger partial charge in [-0.15, -0.1) is 0 Å². The van der Waals surface area contributed by atoms with Crippen LogP contribution in [0.1, 0.15) is 0 Å². The Morgan fingerprint density at radius 3 is 1.88 bits per heavy atom. The summed E-state index contributed by atoms with van der Waals surface area (Å²) < 4.78 is 10.3. The molecule has 2 aromatic rings. The van der Waals surface area contributed by atoms with Crippen LogP contribution >= 0.6 is 0 Å². The third-order valence-corrected chi connectivity index (χ3v) is 5.02. The first-order valence-electron chi connectivity index (χ1n) is 10.5. The quantitative estimate of drug-likeness (QED) is 0.327. The van der Waals surface area contributed by atoms with Crippen molar-refractivity contribution in [2.24, 2.45) is 32.2 Å². The van der Waals surface area contributed by atoms with Crippen molar-refractivity contribution in [1.82, 2.24) is 9.80 Å². The number of nitrogens with one attached hydrogen (secondary N) is 2. The first-order valence-corrected chi connectivity index (χ1v) is 10.5. The molecular formula is C22H30N10O2. The molecule has 1 aliphatic rings. The van der Waals surface area contributed by atoms with Gasteiger partial charge in [0.2, 0.25) is 17.9 Å². The Bertz CT molecular complexity index is 1060. The lowest BCUT2D eigenvalue weighted by atomic mass is 10.3. The van der Waals surface area contributed by atoms with Crippen molar-refractivity contribution < 1.29 is 9.47 Å². The van der Waals surface area contributed by atoms with E-state index in [1.807, 2.05) is 29.2 Å². The van der Waals surface area contributed by atoms with Gasteiger partial charge in [0.05, 0.1) is 19.9 Å². The van der Waals surface area contributed by atoms with Crippen molar-refractivity contribution in [2.75, 3.05) is 45.7 Å². The van der Waals surface area contributed by atoms with Crippen LogP contribution in [-0.4, -0.2) is 74.0 Å². The molecule has 180 valence electrons. The molecule has 0 aromatic heterocycles. The molecule has 0 spiro atoms. The average molecular weight is 467 g/mol. The number of nitrogens with zero attached hydrogens (tertiary/aromatic N) is 5. The SMILES string of the molecule is COc1ccc(N=C(N)/N=C(\N=C(N)Nc2ccc(OC)cc2)N2CCN(C(=N)N)CC2)cc1. The van der Waals surface area contributed by atoms with E-state index in [9.17, 15) is 0 Å². The summed E-state index contributed by atoms with van der Waals surface area (Å²) in [6.07, 6.45) is 0. The fourth-order valence-corrected chi connectivity index (χ4v) is 3.19. The van der Waals surface area contributed by atoms with Gasteiger partial charge in [0.25, 0.3) is 0 Å². The number of nitrogens with two attached hydrogens (primary N) is 3. The molecule has 0 radical (unpaired) electrons. The lowest BCUT2D eigenvalue weighted by Crippen LogP contribution is -2.52. The van der Waals surface area contributed by atoms with Crippen molar-refractivity contribution in [3.05, 3.63) is 48.5 Å². The Balaban J connectivity index is 1.83. The van der Waals surface area contributed by atoms with Crippen LogP contribution in [0.25, 0.3) is 0 Å². The van der Waals surface area contributed by atoms with Crippen LogP contribution in [0.4, 0.5) is 11.4 Å². The second-order valence-electron chi connectivity index (χ2n) is 7.29. The predicted octanol–water partition coefficient (Wildman–Crippen LogP) is 0.944. The highest BCUT2D eigenvalue weighted by molar-refractivity contribution is 6.04. The van der Waals surface area contributed by atoms with Crippen molar-refractivity contribution in [3.63, 3.8) is 0 Å². The summed E-state index contributed by atoms with van der Waals surface area (Å²) in [4.78, 5) is 16.9. The van der Waals surface area contributed by atoms with Gasteiger partial charge in [-0.3, -0.25) is 5.41 Å². The van der Waals surface area contributed by atoms with Gasteiger partial charge < -0.3 is 41.8 Å². The van der Waals surface area contributed by atoms with Crippen molar-refractivity contribution >= 4 is 35.2 Å². The fraction of sp³-hybridized carbons (Fsp3) is 0.273. The van der Waals surface area contributed by atoms with Gasteiger partial charge >= 0.3 is 0 Å². The van der Waals surface area contributed by atoms with Crippen LogP contribution in [0, 0.1) is 5.41 Å². The largest absolute Gasteiger partial charge is 0.497 e. The summed E-state index contributed by atoms with van der Waals surface area (Å²) in [7, 11) is 3.20. The molecule has 0 atom stereocenters. The zero-order chi connectivity index (χ0) is 24.5. The maximum absolute atomic E-state index is 7.64. The zero-order valence-electron chi connectivity index (χ0n) is 19.2. The molecule has 0 amide bonds. The number of rotatable bonds is 4. The van der Waals surface area contributed by atoms with Crippen LogP contribution < -0.4 is 32.0 Å². The molecule has 1 fully saturated rings. The number of benzene rings is 2. The van der Waals surface area contributed by atoms with Crippen molar-refractivity contribution in [1.29, 1.82) is 5.41 Å². The second-order valence-corrected chi connectivity index (χ2v) is 7.29. The van der Waals surface area contributed by atoms with E-state index in [0.29, 0.717) is 43.6 Å². The monoisotopic (exact) mass is 466 g/mol. The Hall–Kier alpha value is -4.48. The minimum absolute atomic E-state index is 0.0233. The molecule has 0 aliphatic carbocycles. The van der Waals surface area contributed by atoms with Crippen molar-refractivity contribution in [2.45, 2.75) is 0 Å². The normalized spacial score (nSPS) is 15.2. The lowest BCUT2D eigenvalue weighted by molar-refractivity contribution is 0.254. The highest BCUT2D eigenvalue weighted by Crippen LogP contribution is 2.18. The number of piperazine rings is 1. The Morgan fingerprint density at radius 1 is 0.824 bits per heavy atom. The second kappa shape index (κ2) is 11.4. The van der Waals surface area contributed by atoms with Crippen LogP contribution in [0.2, 0.25) is 0 Å². The van der Waals surface area contributed by atoms with E-state index >= 15 is 0 Å². The van der Waals surface area contributed by atoms with Gasteiger partial charge in [-0.1, -0.05) is 0 Å². The summed E-state index contributed by atoms with van der Waals surface area (Å²) in [5.74, 6) is 1.94. The minimum Gasteiger partial charge on any atom is -0.497 e. The van der Waals surface area contributed by atoms with Crippen LogP contribution in [0.3, 0.4) is 0 Å². The molecule has 8 N–H and O–H groups in total. The van der Waals surface area contributed by atoms with E-state index in [0.717, 1.165) is 11.4 Å². The van der Waals surface area contributed by atoms with E-state index in [-0.39, 0.29) is 17.9 Å². The average Bonchev–Trinajstić information content (AvgIpc) is 2.84. The number of hydrogen-bond acceptors (Lipinski definition) is 4. The summed E-state index contributed by atoms with van der Waals surface area (Å²) in [6.45, 7) is 2.16. The molecule has 12 heteroatoms. The highest BCUT2D eigenvalue weighted by atomic mass is 16.5. The molecule has 1 aliphatic heterocycles. The number of aliphatic imine (C=N–C) groups is 3. The van der Waals surface area contributed by atoms with E-state index in [4.69, 9.17) is 32.1 Å². The zero-order valence-corrected chi connectivity index (χ0v) is 19.2. The van der Waals surface area contributed by atoms with Crippen LogP contribution in [0.15, 0.2) is 63.5 Å². The smallest absolute Gasteiger partial charge is 0.232 e. The third-order valence-electron chi connectivity index (χ3n) is 5.02. The number of methoxy groups -OCH3 is 2. The third kappa shape index (κ3) is 6.76. The topological polar surface area (TPSA) is 176 Å². The van der Waals surface area contributed by atoms with Crippen LogP contribution in [-0.2, 0) is 0 Å². The molecular weight excluding hydrogens is 436 g/mol. The van der Waals surface area contributed by atoms with Gasteiger partial charge in [-0.25, -0.2) is 4.99 Å². The minimum atomic E-state index is 0.0233. The van der Waals surface area contributed by atoms with E-state index in [2.05, 4.69) is 20.3 Å². The summed E-state index contributed by atoms with van der Waals surface area (Å²) in [6, 6.07) is 14.4. The molecule has 0 unspecified atom stereocenters. The molecule has 0 bridgehead atoms. The fourth-order valence-electron chi connectivity index (χ4n) is 3.19. The predicted molar refractivity (Wildman–Crippen MR) is 135 cm³/mol. The molecule has 12 nitrogen and oxygen atoms in total. The number of anilines is 1. The van der Waals surface area contributed by atoms with E-state index < -0.39 is 0 Å². The Morgan fingerprint density at radius 2 is 1.35 bits per heavy atom. The Labute approximate surface area is 198 Å². The summed E-state index contributed by atoms with van der Waals surface area (Å²) in [5.41, 5.74) is 19.2. The van der Waals surface area contributed by atoms with Gasteiger partial charge in [-0.05, 0) is 48.5 Å². The Kier molecular flexibility index (Phi) is 8.11. The lowest BCUT2D eigenvalue weighted by Gasteiger charge is -2.35. The molecule has 3 rings (SSSR count). The number of guanidine groups is 4. The van der Waals surface area contributed by atoms with Crippen LogP contribution in [0.5, 0.6) is 11.5 Å². The standard InChI is InChI=1S/C22H30N10O2/c1-33-17-7-3-15(4-8-17)27-20(25)29-22(32-13-11-31(12-14-32)19(23)24)30-21(26)28-16-5-9-18(34-2)10-6-16/h3-10H,11-14H2,1-2H3,(H3,23,24)(H5,25,26,27,28,29,30). The van der Waals surface area contributed by atoms with Crippen molar-refractivity contribution in [3.8, 4) is 11.5 Å². The maximum atomic E-state index is 7.64. The van der Waals surface area contributed by atoms with Gasteiger partial charge in [-0.2, -0.15) is 9.98 Å². The highest BCUT2D eigenvalue weighted by Gasteiger charge is 2.21. The number of hydrogen-bond donors (Lipinski definition) is 5. The molecule has 1 heterocycles. The molecule has 1 saturated heterocycles. The van der Waals surface area contributed by atoms with Gasteiger partial charge in [0, 0.05) is 31.9 Å². The van der Waals surface area contributed by atoms with E-state index in [1.165, 1.54) is 0 Å². The molecule has 34 heavy (non-hydrogen) atoms. The maximum Gasteiger partial charge on any atom is 0.232 e. The molecule has 0 saturated carbocycles. The number of ether oxygens (including phenoxy) is 2. The van der Waals surface area contributed by atoms with Gasteiger partial charge in [0.15, 0.2) is 5.96 Å². The summed E-state index contributed by atoms with van der Waals surface area (Å²) in [5, 5.41) is 10.7. The molecule has 2 aromatic carbocycles. The van der Waals surface area contributed by atoms with E-state index in [1.54, 1.807) is 43.4 Å². The summed E-state index contributed by atoms with van der Waals surface area (Å²) >= 11 is 0.